The molecule has 0 aliphatic carbocycles. The maximum Gasteiger partial charge on any atom is 0.258 e. The Bertz CT molecular complexity index is 1320. The van der Waals surface area contributed by atoms with E-state index in [0.29, 0.717) is 36.3 Å². The summed E-state index contributed by atoms with van der Waals surface area (Å²) in [5.74, 6) is 2.32. The minimum Gasteiger partial charge on any atom is -0.497 e. The van der Waals surface area contributed by atoms with Crippen molar-refractivity contribution in [3.63, 3.8) is 0 Å². The van der Waals surface area contributed by atoms with Gasteiger partial charge in [-0.15, -0.1) is 13.2 Å². The second-order valence-electron chi connectivity index (χ2n) is 10.1. The number of nitrogens with zero attached hydrogens (tertiary/aromatic N) is 4. The summed E-state index contributed by atoms with van der Waals surface area (Å²) in [4.78, 5) is 27.5. The number of ether oxygens (including phenoxy) is 1. The SMILES string of the molecule is C=CCCN(Cc1ccc(OC)cc1)c1nc(C)cc(NC(=O)c2ccc(Br)cc2N2CCC(CC=C)CC2)n1. The summed E-state index contributed by atoms with van der Waals surface area (Å²) in [6.45, 7) is 12.8. The van der Waals surface area contributed by atoms with Crippen LogP contribution in [0, 0.1) is 12.8 Å². The molecule has 2 heterocycles. The molecule has 0 atom stereocenters. The molecule has 3 aromatic rings. The van der Waals surface area contributed by atoms with Crippen molar-refractivity contribution in [2.45, 2.75) is 39.2 Å². The number of carbonyl (C=O) groups excluding carboxylic acids is 1. The van der Waals surface area contributed by atoms with Crippen LogP contribution in [0.3, 0.4) is 0 Å². The van der Waals surface area contributed by atoms with Crippen molar-refractivity contribution in [2.24, 2.45) is 5.92 Å². The van der Waals surface area contributed by atoms with Gasteiger partial charge in [-0.1, -0.05) is 40.2 Å². The molecule has 1 aromatic heterocycles. The summed E-state index contributed by atoms with van der Waals surface area (Å²) in [5.41, 5.74) is 3.45. The molecular weight excluding hydrogens is 566 g/mol. The Morgan fingerprint density at radius 3 is 2.55 bits per heavy atom. The fourth-order valence-electron chi connectivity index (χ4n) is 4.99. The molecule has 0 bridgehead atoms. The zero-order valence-electron chi connectivity index (χ0n) is 23.4. The molecule has 0 spiro atoms. The molecule has 1 N–H and O–H groups in total. The molecule has 0 radical (unpaired) electrons. The molecule has 40 heavy (non-hydrogen) atoms. The molecule has 7 nitrogen and oxygen atoms in total. The Balaban J connectivity index is 1.55. The predicted molar refractivity (Wildman–Crippen MR) is 167 cm³/mol. The smallest absolute Gasteiger partial charge is 0.258 e. The van der Waals surface area contributed by atoms with Gasteiger partial charge in [-0.25, -0.2) is 4.98 Å². The van der Waals surface area contributed by atoms with Gasteiger partial charge in [0.1, 0.15) is 11.6 Å². The number of methoxy groups -OCH3 is 1. The first-order chi connectivity index (χ1) is 19.4. The van der Waals surface area contributed by atoms with Crippen molar-refractivity contribution in [3.05, 3.63) is 95.1 Å². The zero-order chi connectivity index (χ0) is 28.5. The normalized spacial score (nSPS) is 13.5. The third-order valence-electron chi connectivity index (χ3n) is 7.16. The Hall–Kier alpha value is -3.65. The van der Waals surface area contributed by atoms with E-state index < -0.39 is 0 Å². The quantitative estimate of drug-likeness (QED) is 0.221. The van der Waals surface area contributed by atoms with E-state index in [2.05, 4.69) is 44.2 Å². The van der Waals surface area contributed by atoms with Gasteiger partial charge in [-0.05, 0) is 74.4 Å². The van der Waals surface area contributed by atoms with Crippen LogP contribution in [-0.2, 0) is 6.54 Å². The average molecular weight is 605 g/mol. The third-order valence-corrected chi connectivity index (χ3v) is 7.66. The van der Waals surface area contributed by atoms with Gasteiger partial charge < -0.3 is 19.9 Å². The number of hydrogen-bond donors (Lipinski definition) is 1. The number of anilines is 3. The lowest BCUT2D eigenvalue weighted by molar-refractivity contribution is 0.102. The molecule has 1 saturated heterocycles. The Morgan fingerprint density at radius 2 is 1.88 bits per heavy atom. The number of halogens is 1. The van der Waals surface area contributed by atoms with Gasteiger partial charge in [-0.3, -0.25) is 4.79 Å². The largest absolute Gasteiger partial charge is 0.497 e. The minimum atomic E-state index is -0.187. The highest BCUT2D eigenvalue weighted by molar-refractivity contribution is 9.10. The van der Waals surface area contributed by atoms with Crippen molar-refractivity contribution in [3.8, 4) is 5.75 Å². The zero-order valence-corrected chi connectivity index (χ0v) is 25.0. The summed E-state index contributed by atoms with van der Waals surface area (Å²) in [6, 6.07) is 15.6. The van der Waals surface area contributed by atoms with E-state index in [1.807, 2.05) is 61.5 Å². The third kappa shape index (κ3) is 7.72. The summed E-state index contributed by atoms with van der Waals surface area (Å²) in [6.07, 6.45) is 7.88. The first kappa shape index (κ1) is 29.3. The Kier molecular flexibility index (Phi) is 10.4. The number of allylic oxidation sites excluding steroid dienone is 1. The molecule has 8 heteroatoms. The van der Waals surface area contributed by atoms with Crippen LogP contribution in [0.15, 0.2) is 78.3 Å². The molecule has 0 unspecified atom stereocenters. The number of nitrogens with one attached hydrogen (secondary N) is 1. The van der Waals surface area contributed by atoms with Gasteiger partial charge in [0.15, 0.2) is 0 Å². The van der Waals surface area contributed by atoms with E-state index in [0.717, 1.165) is 65.9 Å². The molecule has 210 valence electrons. The maximum absolute atomic E-state index is 13.6. The van der Waals surface area contributed by atoms with Crippen LogP contribution in [0.1, 0.15) is 47.3 Å². The first-order valence-electron chi connectivity index (χ1n) is 13.7. The van der Waals surface area contributed by atoms with Gasteiger partial charge in [0.05, 0.1) is 18.4 Å². The van der Waals surface area contributed by atoms with E-state index in [-0.39, 0.29) is 5.91 Å². The van der Waals surface area contributed by atoms with Crippen molar-refractivity contribution in [1.29, 1.82) is 0 Å². The van der Waals surface area contributed by atoms with Crippen LogP contribution in [0.25, 0.3) is 0 Å². The van der Waals surface area contributed by atoms with Crippen LogP contribution in [0.4, 0.5) is 17.5 Å². The van der Waals surface area contributed by atoms with Crippen LogP contribution >= 0.6 is 15.9 Å². The fourth-order valence-corrected chi connectivity index (χ4v) is 5.34. The second-order valence-corrected chi connectivity index (χ2v) is 11.0. The Labute approximate surface area is 246 Å². The number of piperidine rings is 1. The minimum absolute atomic E-state index is 0.187. The number of amides is 1. The Morgan fingerprint density at radius 1 is 1.12 bits per heavy atom. The van der Waals surface area contributed by atoms with E-state index in [1.54, 1.807) is 13.2 Å². The monoisotopic (exact) mass is 603 g/mol. The van der Waals surface area contributed by atoms with Gasteiger partial charge in [0.25, 0.3) is 5.91 Å². The molecular formula is C32H38BrN5O2. The number of rotatable bonds is 12. The first-order valence-corrected chi connectivity index (χ1v) is 14.5. The van der Waals surface area contributed by atoms with Crippen LogP contribution in [-0.4, -0.2) is 42.6 Å². The molecule has 4 rings (SSSR count). The molecule has 1 fully saturated rings. The number of carbonyl (C=O) groups is 1. The molecule has 2 aromatic carbocycles. The lowest BCUT2D eigenvalue weighted by Crippen LogP contribution is -2.35. The van der Waals surface area contributed by atoms with Crippen LogP contribution < -0.4 is 19.9 Å². The van der Waals surface area contributed by atoms with Gasteiger partial charge in [0.2, 0.25) is 5.95 Å². The number of aryl methyl sites for hydroxylation is 1. The van der Waals surface area contributed by atoms with E-state index in [1.165, 1.54) is 0 Å². The van der Waals surface area contributed by atoms with Gasteiger partial charge >= 0.3 is 0 Å². The summed E-state index contributed by atoms with van der Waals surface area (Å²) >= 11 is 3.59. The topological polar surface area (TPSA) is 70.6 Å². The lowest BCUT2D eigenvalue weighted by Gasteiger charge is -2.34. The summed E-state index contributed by atoms with van der Waals surface area (Å²) < 4.78 is 6.24. The summed E-state index contributed by atoms with van der Waals surface area (Å²) in [5, 5.41) is 3.05. The average Bonchev–Trinajstić information content (AvgIpc) is 2.95. The highest BCUT2D eigenvalue weighted by Crippen LogP contribution is 2.31. The number of aromatic nitrogens is 2. The van der Waals surface area contributed by atoms with Crippen molar-refractivity contribution < 1.29 is 9.53 Å². The second kappa shape index (κ2) is 14.1. The number of benzene rings is 2. The van der Waals surface area contributed by atoms with E-state index in [4.69, 9.17) is 14.7 Å². The number of hydrogen-bond acceptors (Lipinski definition) is 6. The highest BCUT2D eigenvalue weighted by Gasteiger charge is 2.23. The molecule has 1 aliphatic rings. The van der Waals surface area contributed by atoms with Crippen molar-refractivity contribution in [2.75, 3.05) is 41.9 Å². The molecule has 1 aliphatic heterocycles. The predicted octanol–water partition coefficient (Wildman–Crippen LogP) is 7.18. The maximum atomic E-state index is 13.6. The van der Waals surface area contributed by atoms with Crippen molar-refractivity contribution in [1.82, 2.24) is 9.97 Å². The van der Waals surface area contributed by atoms with E-state index >= 15 is 0 Å². The van der Waals surface area contributed by atoms with Crippen LogP contribution in [0.2, 0.25) is 0 Å². The standard InChI is InChI=1S/C32H38BrN5O2/c1-5-7-17-38(22-25-9-12-27(40-4)13-10-25)32-34-23(3)20-30(36-32)35-31(39)28-14-11-26(33)21-29(28)37-18-15-24(8-6-2)16-19-37/h5-6,9-14,20-21,24H,1-2,7-8,15-19,22H2,3-4H3,(H,34,35,36,39). The van der Waals surface area contributed by atoms with Gasteiger partial charge in [0, 0.05) is 42.4 Å². The van der Waals surface area contributed by atoms with Gasteiger partial charge in [-0.2, -0.15) is 4.98 Å². The van der Waals surface area contributed by atoms with Crippen LogP contribution in [0.5, 0.6) is 5.75 Å². The molecule has 1 amide bonds. The van der Waals surface area contributed by atoms with E-state index in [9.17, 15) is 4.79 Å². The lowest BCUT2D eigenvalue weighted by atomic mass is 9.93. The summed E-state index contributed by atoms with van der Waals surface area (Å²) in [7, 11) is 1.66. The molecule has 0 saturated carbocycles. The fraction of sp³-hybridized carbons (Fsp3) is 0.344. The van der Waals surface area contributed by atoms with Crippen molar-refractivity contribution >= 4 is 39.3 Å². The highest BCUT2D eigenvalue weighted by atomic mass is 79.9.